The fourth-order valence-corrected chi connectivity index (χ4v) is 3.15. The monoisotopic (exact) mass is 339 g/mol. The lowest BCUT2D eigenvalue weighted by molar-refractivity contribution is 0.0956. The van der Waals surface area contributed by atoms with Gasteiger partial charge in [-0.2, -0.15) is 0 Å². The van der Waals surface area contributed by atoms with Gasteiger partial charge in [0, 0.05) is 29.0 Å². The summed E-state index contributed by atoms with van der Waals surface area (Å²) in [5.74, 6) is -0.749. The molecule has 1 aromatic carbocycles. The third kappa shape index (κ3) is 5.10. The Morgan fingerprint density at radius 2 is 1.85 bits per heavy atom. The zero-order chi connectivity index (χ0) is 15.6. The van der Waals surface area contributed by atoms with E-state index in [9.17, 15) is 21.6 Å². The van der Waals surface area contributed by atoms with Gasteiger partial charge in [-0.1, -0.05) is 6.07 Å². The Morgan fingerprint density at radius 3 is 2.35 bits per heavy atom. The number of hydrogen-bond donors (Lipinski definition) is 1. The third-order valence-corrected chi connectivity index (χ3v) is 4.88. The van der Waals surface area contributed by atoms with E-state index in [-0.39, 0.29) is 22.8 Å². The quantitative estimate of drug-likeness (QED) is 0.796. The Labute approximate surface area is 122 Å². The highest BCUT2D eigenvalue weighted by atomic mass is 35.7. The van der Waals surface area contributed by atoms with Crippen molar-refractivity contribution >= 4 is 35.5 Å². The molecule has 0 saturated heterocycles. The Hall–Kier alpha value is -1.12. The van der Waals surface area contributed by atoms with Gasteiger partial charge < -0.3 is 5.32 Å². The van der Waals surface area contributed by atoms with Crippen LogP contribution >= 0.6 is 10.7 Å². The summed E-state index contributed by atoms with van der Waals surface area (Å²) in [5, 5.41) is 2.40. The van der Waals surface area contributed by atoms with Crippen LogP contribution in [0.4, 0.5) is 0 Å². The molecule has 112 valence electrons. The topological polar surface area (TPSA) is 97.4 Å². The van der Waals surface area contributed by atoms with Gasteiger partial charge in [-0.15, -0.1) is 0 Å². The van der Waals surface area contributed by atoms with Gasteiger partial charge in [0.2, 0.25) is 0 Å². The van der Waals surface area contributed by atoms with E-state index in [2.05, 4.69) is 5.32 Å². The van der Waals surface area contributed by atoms with Crippen LogP contribution in [-0.2, 0) is 18.9 Å². The van der Waals surface area contributed by atoms with Crippen LogP contribution in [-0.4, -0.2) is 41.3 Å². The van der Waals surface area contributed by atoms with Crippen molar-refractivity contribution < 1.29 is 21.6 Å². The van der Waals surface area contributed by atoms with E-state index in [0.29, 0.717) is 5.56 Å². The van der Waals surface area contributed by atoms with Crippen molar-refractivity contribution in [2.75, 3.05) is 18.6 Å². The summed E-state index contributed by atoms with van der Waals surface area (Å²) in [6.45, 7) is 1.51. The zero-order valence-electron chi connectivity index (χ0n) is 10.9. The number of carbonyl (C=O) groups excluding carboxylic acids is 1. The van der Waals surface area contributed by atoms with Crippen molar-refractivity contribution in [1.29, 1.82) is 0 Å². The lowest BCUT2D eigenvalue weighted by Crippen LogP contribution is -2.28. The molecule has 0 aromatic heterocycles. The predicted octanol–water partition coefficient (Wildman–Crippen LogP) is 0.697. The number of nitrogens with one attached hydrogen (secondary N) is 1. The van der Waals surface area contributed by atoms with E-state index in [1.54, 1.807) is 6.92 Å². The van der Waals surface area contributed by atoms with Gasteiger partial charge >= 0.3 is 0 Å². The van der Waals surface area contributed by atoms with E-state index in [1.807, 2.05) is 0 Å². The van der Waals surface area contributed by atoms with Crippen LogP contribution in [0.2, 0.25) is 0 Å². The molecule has 0 spiro atoms. The van der Waals surface area contributed by atoms with Crippen molar-refractivity contribution in [2.45, 2.75) is 11.8 Å². The maximum Gasteiger partial charge on any atom is 0.261 e. The molecule has 1 amide bonds. The highest BCUT2D eigenvalue weighted by Crippen LogP contribution is 2.20. The van der Waals surface area contributed by atoms with Crippen LogP contribution in [0.15, 0.2) is 23.1 Å². The van der Waals surface area contributed by atoms with Crippen molar-refractivity contribution in [3.05, 3.63) is 29.3 Å². The summed E-state index contributed by atoms with van der Waals surface area (Å²) < 4.78 is 44.5. The molecule has 0 heterocycles. The first kappa shape index (κ1) is 16.9. The highest BCUT2D eigenvalue weighted by Gasteiger charge is 2.16. The molecule has 1 rings (SSSR count). The molecule has 0 aliphatic carbocycles. The molecular weight excluding hydrogens is 326 g/mol. The second kappa shape index (κ2) is 6.11. The molecule has 0 aliphatic rings. The summed E-state index contributed by atoms with van der Waals surface area (Å²) in [7, 11) is -1.84. The molecule has 20 heavy (non-hydrogen) atoms. The number of halogens is 1. The predicted molar refractivity (Wildman–Crippen MR) is 76.3 cm³/mol. The lowest BCUT2D eigenvalue weighted by atomic mass is 10.1. The molecule has 0 radical (unpaired) electrons. The summed E-state index contributed by atoms with van der Waals surface area (Å²) in [6, 6.07) is 4.06. The first-order chi connectivity index (χ1) is 9.00. The van der Waals surface area contributed by atoms with Crippen molar-refractivity contribution in [1.82, 2.24) is 5.32 Å². The SMILES string of the molecule is Cc1ccc(C(=O)NCCS(C)(=O)=O)cc1S(=O)(=O)Cl. The van der Waals surface area contributed by atoms with Gasteiger partial charge in [-0.05, 0) is 24.6 Å². The fourth-order valence-electron chi connectivity index (χ4n) is 1.46. The van der Waals surface area contributed by atoms with Crippen LogP contribution in [0.1, 0.15) is 15.9 Å². The van der Waals surface area contributed by atoms with E-state index in [1.165, 1.54) is 12.1 Å². The van der Waals surface area contributed by atoms with Crippen molar-refractivity contribution in [3.63, 3.8) is 0 Å². The van der Waals surface area contributed by atoms with Crippen LogP contribution < -0.4 is 5.32 Å². The molecule has 1 aromatic rings. The van der Waals surface area contributed by atoms with Gasteiger partial charge in [0.1, 0.15) is 9.84 Å². The van der Waals surface area contributed by atoms with Crippen LogP contribution in [0.5, 0.6) is 0 Å². The number of sulfone groups is 1. The largest absolute Gasteiger partial charge is 0.351 e. The third-order valence-electron chi connectivity index (χ3n) is 2.47. The number of hydrogen-bond acceptors (Lipinski definition) is 5. The standard InChI is InChI=1S/C11H14ClNO5S2/c1-8-3-4-9(7-10(8)20(12,17)18)11(14)13-5-6-19(2,15)16/h3-4,7H,5-6H2,1-2H3,(H,13,14). The second-order valence-electron chi connectivity index (χ2n) is 4.30. The van der Waals surface area contributed by atoms with Crippen molar-refractivity contribution in [3.8, 4) is 0 Å². The van der Waals surface area contributed by atoms with Gasteiger partial charge in [-0.3, -0.25) is 4.79 Å². The first-order valence-corrected chi connectivity index (χ1v) is 9.89. The Bertz CT molecular complexity index is 725. The minimum absolute atomic E-state index is 0.0471. The van der Waals surface area contributed by atoms with Crippen LogP contribution in [0.3, 0.4) is 0 Å². The van der Waals surface area contributed by atoms with Crippen LogP contribution in [0.25, 0.3) is 0 Å². The number of carbonyl (C=O) groups is 1. The van der Waals surface area contributed by atoms with Gasteiger partial charge in [-0.25, -0.2) is 16.8 Å². The Morgan fingerprint density at radius 1 is 1.25 bits per heavy atom. The fraction of sp³-hybridized carbons (Fsp3) is 0.364. The number of aryl methyl sites for hydroxylation is 1. The smallest absolute Gasteiger partial charge is 0.261 e. The van der Waals surface area contributed by atoms with Crippen LogP contribution in [0, 0.1) is 6.92 Å². The Balaban J connectivity index is 2.90. The molecule has 9 heteroatoms. The molecule has 1 N–H and O–H groups in total. The van der Waals surface area contributed by atoms with Gasteiger partial charge in [0.15, 0.2) is 0 Å². The van der Waals surface area contributed by atoms with E-state index in [4.69, 9.17) is 10.7 Å². The van der Waals surface area contributed by atoms with E-state index >= 15 is 0 Å². The molecule has 0 fully saturated rings. The molecule has 0 saturated carbocycles. The summed E-state index contributed by atoms with van der Waals surface area (Å²) >= 11 is 0. The number of benzene rings is 1. The average molecular weight is 340 g/mol. The van der Waals surface area contributed by atoms with E-state index < -0.39 is 24.8 Å². The molecule has 0 bridgehead atoms. The molecule has 0 unspecified atom stereocenters. The minimum atomic E-state index is -3.94. The van der Waals surface area contributed by atoms with Crippen molar-refractivity contribution in [2.24, 2.45) is 0 Å². The Kier molecular flexibility index (Phi) is 5.17. The van der Waals surface area contributed by atoms with Gasteiger partial charge in [0.05, 0.1) is 10.6 Å². The summed E-state index contributed by atoms with van der Waals surface area (Å²) in [4.78, 5) is 11.6. The number of amides is 1. The van der Waals surface area contributed by atoms with E-state index in [0.717, 1.165) is 12.3 Å². The maximum absolute atomic E-state index is 11.8. The lowest BCUT2D eigenvalue weighted by Gasteiger charge is -2.07. The second-order valence-corrected chi connectivity index (χ2v) is 9.10. The molecule has 0 atom stereocenters. The molecule has 6 nitrogen and oxygen atoms in total. The number of rotatable bonds is 5. The first-order valence-electron chi connectivity index (χ1n) is 5.52. The average Bonchev–Trinajstić information content (AvgIpc) is 2.26. The highest BCUT2D eigenvalue weighted by molar-refractivity contribution is 8.13. The normalized spacial score (nSPS) is 12.2. The molecular formula is C11H14ClNO5S2. The zero-order valence-corrected chi connectivity index (χ0v) is 13.3. The van der Waals surface area contributed by atoms with Gasteiger partial charge in [0.25, 0.3) is 15.0 Å². The maximum atomic E-state index is 11.8. The molecule has 0 aliphatic heterocycles. The minimum Gasteiger partial charge on any atom is -0.351 e. The summed E-state index contributed by atoms with van der Waals surface area (Å²) in [6.07, 6.45) is 1.06. The summed E-state index contributed by atoms with van der Waals surface area (Å²) in [5.41, 5.74) is 0.524.